The van der Waals surface area contributed by atoms with E-state index in [-0.39, 0.29) is 23.1 Å². The van der Waals surface area contributed by atoms with Gasteiger partial charge in [0.15, 0.2) is 0 Å². The van der Waals surface area contributed by atoms with E-state index < -0.39 is 0 Å². The Labute approximate surface area is 169 Å². The first-order valence-electron chi connectivity index (χ1n) is 9.39. The zero-order chi connectivity index (χ0) is 19.9. The fourth-order valence-corrected chi connectivity index (χ4v) is 3.77. The summed E-state index contributed by atoms with van der Waals surface area (Å²) in [7, 11) is 0. The van der Waals surface area contributed by atoms with Gasteiger partial charge < -0.3 is 10.3 Å². The number of carbonyl (C=O) groups excluding carboxylic acids is 1. The van der Waals surface area contributed by atoms with Crippen LogP contribution in [-0.4, -0.2) is 22.3 Å². The van der Waals surface area contributed by atoms with Crippen molar-refractivity contribution < 1.29 is 4.79 Å². The summed E-state index contributed by atoms with van der Waals surface area (Å²) in [6.07, 6.45) is 0. The Balaban J connectivity index is 1.66. The maximum Gasteiger partial charge on any atom is 0.261 e. The molecule has 0 bridgehead atoms. The number of hydrogen-bond donors (Lipinski definition) is 2. The molecule has 0 spiro atoms. The van der Waals surface area contributed by atoms with E-state index in [0.29, 0.717) is 6.54 Å². The zero-order valence-corrected chi connectivity index (χ0v) is 17.0. The van der Waals surface area contributed by atoms with Crippen LogP contribution in [0.3, 0.4) is 0 Å². The molecule has 0 saturated carbocycles. The number of amides is 1. The van der Waals surface area contributed by atoms with Gasteiger partial charge in [0.05, 0.1) is 6.04 Å². The van der Waals surface area contributed by atoms with E-state index in [1.807, 2.05) is 48.7 Å². The second kappa shape index (κ2) is 9.48. The molecule has 0 unspecified atom stereocenters. The lowest BCUT2D eigenvalue weighted by Gasteiger charge is -2.20. The number of rotatable bonds is 8. The van der Waals surface area contributed by atoms with Crippen molar-refractivity contribution in [2.45, 2.75) is 33.0 Å². The van der Waals surface area contributed by atoms with E-state index in [4.69, 9.17) is 0 Å². The van der Waals surface area contributed by atoms with Gasteiger partial charge in [-0.3, -0.25) is 14.5 Å². The molecule has 0 fully saturated rings. The van der Waals surface area contributed by atoms with E-state index in [2.05, 4.69) is 34.3 Å². The summed E-state index contributed by atoms with van der Waals surface area (Å²) in [6.45, 7) is 6.29. The molecule has 3 aromatic rings. The van der Waals surface area contributed by atoms with Gasteiger partial charge in [-0.2, -0.15) is 0 Å². The van der Waals surface area contributed by atoms with Gasteiger partial charge in [-0.15, -0.1) is 11.3 Å². The quantitative estimate of drug-likeness (QED) is 0.607. The lowest BCUT2D eigenvalue weighted by Crippen LogP contribution is -2.32. The van der Waals surface area contributed by atoms with Crippen molar-refractivity contribution in [2.75, 3.05) is 6.54 Å². The Kier molecular flexibility index (Phi) is 6.79. The average Bonchev–Trinajstić information content (AvgIpc) is 3.23. The molecule has 2 N–H and O–H groups in total. The van der Waals surface area contributed by atoms with Crippen molar-refractivity contribution in [3.63, 3.8) is 0 Å². The molecule has 28 heavy (non-hydrogen) atoms. The minimum atomic E-state index is -0.357. The number of carbonyl (C=O) groups is 1. The average molecular weight is 396 g/mol. The summed E-state index contributed by atoms with van der Waals surface area (Å²) in [6, 6.07) is 17.4. The van der Waals surface area contributed by atoms with Crippen LogP contribution in [0.25, 0.3) is 0 Å². The number of hydrogen-bond acceptors (Lipinski definition) is 4. The van der Waals surface area contributed by atoms with Crippen LogP contribution in [0.2, 0.25) is 0 Å². The molecule has 6 heteroatoms. The predicted octanol–water partition coefficient (Wildman–Crippen LogP) is 3.95. The Morgan fingerprint density at radius 3 is 2.54 bits per heavy atom. The highest BCUT2D eigenvalue weighted by atomic mass is 32.1. The lowest BCUT2D eigenvalue weighted by atomic mass is 10.2. The van der Waals surface area contributed by atoms with E-state index in [9.17, 15) is 9.59 Å². The Morgan fingerprint density at radius 2 is 1.89 bits per heavy atom. The van der Waals surface area contributed by atoms with Crippen molar-refractivity contribution in [3.8, 4) is 0 Å². The molecular weight excluding hydrogens is 370 g/mol. The Hall–Kier alpha value is -2.70. The summed E-state index contributed by atoms with van der Waals surface area (Å²) < 4.78 is 0. The summed E-state index contributed by atoms with van der Waals surface area (Å²) in [5.74, 6) is -0.356. The first kappa shape index (κ1) is 20.0. The topological polar surface area (TPSA) is 65.2 Å². The molecule has 3 rings (SSSR count). The fraction of sp³-hybridized carbons (Fsp3) is 0.273. The number of pyridine rings is 1. The van der Waals surface area contributed by atoms with Crippen LogP contribution in [0.4, 0.5) is 0 Å². The molecule has 0 aliphatic rings. The Morgan fingerprint density at radius 1 is 1.11 bits per heavy atom. The molecule has 2 aromatic heterocycles. The van der Waals surface area contributed by atoms with Crippen molar-refractivity contribution in [3.05, 3.63) is 92.0 Å². The first-order chi connectivity index (χ1) is 13.6. The van der Waals surface area contributed by atoms with Gasteiger partial charge in [-0.25, -0.2) is 0 Å². The summed E-state index contributed by atoms with van der Waals surface area (Å²) in [5.41, 5.74) is 1.80. The molecule has 1 aromatic carbocycles. The molecule has 5 nitrogen and oxygen atoms in total. The third-order valence-corrected chi connectivity index (χ3v) is 5.68. The standard InChI is InChI=1S/C22H25N3O2S/c1-3-25(14-17-8-5-4-6-9-17)15-18-11-12-19(22(27)24-18)21(26)23-16(2)20-10-7-13-28-20/h4-13,16H,3,14-15H2,1-2H3,(H,23,26)(H,24,27)/t16-/m0/s1. The SMILES string of the molecule is CCN(Cc1ccccc1)Cc1ccc(C(=O)N[C@@H](C)c2cccs2)c(=O)[nH]1. The highest BCUT2D eigenvalue weighted by Crippen LogP contribution is 2.18. The van der Waals surface area contributed by atoms with Gasteiger partial charge in [0.2, 0.25) is 0 Å². The van der Waals surface area contributed by atoms with Crippen LogP contribution >= 0.6 is 11.3 Å². The lowest BCUT2D eigenvalue weighted by molar-refractivity contribution is 0.0939. The largest absolute Gasteiger partial charge is 0.345 e. The third kappa shape index (κ3) is 5.18. The van der Waals surface area contributed by atoms with Crippen LogP contribution < -0.4 is 10.9 Å². The zero-order valence-electron chi connectivity index (χ0n) is 16.1. The molecular formula is C22H25N3O2S. The number of aromatic nitrogens is 1. The van der Waals surface area contributed by atoms with Crippen LogP contribution in [-0.2, 0) is 13.1 Å². The van der Waals surface area contributed by atoms with Gasteiger partial charge in [-0.1, -0.05) is 43.3 Å². The Bertz CT molecular complexity index is 951. The minimum absolute atomic E-state index is 0.131. The summed E-state index contributed by atoms with van der Waals surface area (Å²) in [5, 5.41) is 4.85. The van der Waals surface area contributed by atoms with Gasteiger partial charge in [-0.05, 0) is 42.6 Å². The number of aromatic amines is 1. The number of nitrogens with one attached hydrogen (secondary N) is 2. The van der Waals surface area contributed by atoms with Gasteiger partial charge >= 0.3 is 0 Å². The van der Waals surface area contributed by atoms with Gasteiger partial charge in [0, 0.05) is 23.7 Å². The molecule has 146 valence electrons. The normalized spacial score (nSPS) is 12.1. The molecule has 0 aliphatic heterocycles. The molecule has 1 amide bonds. The van der Waals surface area contributed by atoms with Crippen molar-refractivity contribution in [1.82, 2.24) is 15.2 Å². The number of thiophene rings is 1. The second-order valence-corrected chi connectivity index (χ2v) is 7.71. The van der Waals surface area contributed by atoms with Crippen LogP contribution in [0, 0.1) is 0 Å². The van der Waals surface area contributed by atoms with Crippen LogP contribution in [0.1, 0.15) is 46.4 Å². The predicted molar refractivity (Wildman–Crippen MR) is 113 cm³/mol. The van der Waals surface area contributed by atoms with E-state index in [1.165, 1.54) is 5.56 Å². The maximum atomic E-state index is 12.5. The molecule has 0 radical (unpaired) electrons. The molecule has 0 aliphatic carbocycles. The van der Waals surface area contributed by atoms with Crippen LogP contribution in [0.5, 0.6) is 0 Å². The summed E-state index contributed by atoms with van der Waals surface area (Å²) in [4.78, 5) is 31.1. The van der Waals surface area contributed by atoms with E-state index in [0.717, 1.165) is 23.7 Å². The third-order valence-electron chi connectivity index (χ3n) is 4.62. The van der Waals surface area contributed by atoms with Crippen LogP contribution in [0.15, 0.2) is 64.8 Å². The monoisotopic (exact) mass is 395 g/mol. The van der Waals surface area contributed by atoms with E-state index in [1.54, 1.807) is 17.4 Å². The first-order valence-corrected chi connectivity index (χ1v) is 10.3. The highest BCUT2D eigenvalue weighted by Gasteiger charge is 2.16. The van der Waals surface area contributed by atoms with Crippen molar-refractivity contribution in [2.24, 2.45) is 0 Å². The number of benzene rings is 1. The van der Waals surface area contributed by atoms with E-state index >= 15 is 0 Å². The summed E-state index contributed by atoms with van der Waals surface area (Å²) >= 11 is 1.58. The van der Waals surface area contributed by atoms with Crippen molar-refractivity contribution in [1.29, 1.82) is 0 Å². The number of H-pyrrole nitrogens is 1. The molecule has 0 saturated heterocycles. The fourth-order valence-electron chi connectivity index (χ4n) is 3.03. The minimum Gasteiger partial charge on any atom is -0.345 e. The van der Waals surface area contributed by atoms with Gasteiger partial charge in [0.25, 0.3) is 11.5 Å². The second-order valence-electron chi connectivity index (χ2n) is 6.73. The maximum absolute atomic E-state index is 12.5. The van der Waals surface area contributed by atoms with Gasteiger partial charge in [0.1, 0.15) is 5.56 Å². The molecule has 2 heterocycles. The highest BCUT2D eigenvalue weighted by molar-refractivity contribution is 7.10. The number of nitrogens with zero attached hydrogens (tertiary/aromatic N) is 1. The van der Waals surface area contributed by atoms with Crippen molar-refractivity contribution >= 4 is 17.2 Å². The smallest absolute Gasteiger partial charge is 0.261 e. The molecule has 1 atom stereocenters.